The van der Waals surface area contributed by atoms with E-state index in [1.807, 2.05) is 18.5 Å². The van der Waals surface area contributed by atoms with Crippen molar-refractivity contribution in [2.75, 3.05) is 12.8 Å². The number of thioether (sulfide) groups is 1. The molecule has 4 rings (SSSR count). The third-order valence-electron chi connectivity index (χ3n) is 5.22. The van der Waals surface area contributed by atoms with Crippen molar-refractivity contribution in [1.29, 1.82) is 0 Å². The second-order valence-corrected chi connectivity index (χ2v) is 7.90. The van der Waals surface area contributed by atoms with Gasteiger partial charge >= 0.3 is 0 Å². The third-order valence-corrected chi connectivity index (χ3v) is 5.86. The van der Waals surface area contributed by atoms with Gasteiger partial charge in [-0.3, -0.25) is 4.79 Å². The van der Waals surface area contributed by atoms with Gasteiger partial charge in [-0.2, -0.15) is 5.10 Å². The number of carbonyl (C=O) groups is 1. The number of hydrogen-bond donors (Lipinski definition) is 1. The Labute approximate surface area is 174 Å². The van der Waals surface area contributed by atoms with Crippen molar-refractivity contribution in [3.8, 4) is 5.82 Å². The molecule has 0 saturated heterocycles. The summed E-state index contributed by atoms with van der Waals surface area (Å²) in [7, 11) is 0. The lowest BCUT2D eigenvalue weighted by Gasteiger charge is -2.16. The molecule has 8 nitrogen and oxygen atoms in total. The molecule has 3 aromatic heterocycles. The van der Waals surface area contributed by atoms with Crippen LogP contribution in [0, 0.1) is 0 Å². The van der Waals surface area contributed by atoms with E-state index >= 15 is 0 Å². The first-order valence-corrected chi connectivity index (χ1v) is 11.2. The Morgan fingerprint density at radius 2 is 2.14 bits per heavy atom. The van der Waals surface area contributed by atoms with Gasteiger partial charge in [0.05, 0.1) is 5.56 Å². The molecule has 3 aromatic rings. The molecule has 0 radical (unpaired) electrons. The summed E-state index contributed by atoms with van der Waals surface area (Å²) in [4.78, 5) is 16.7. The molecule has 0 bridgehead atoms. The van der Waals surface area contributed by atoms with Gasteiger partial charge in [-0.25, -0.2) is 9.67 Å². The average molecular weight is 412 g/mol. The molecule has 1 saturated carbocycles. The molecule has 0 aromatic carbocycles. The van der Waals surface area contributed by atoms with Crippen molar-refractivity contribution in [3.63, 3.8) is 0 Å². The number of carbonyl (C=O) groups excluding carboxylic acids is 1. The topological polar surface area (TPSA) is 90.5 Å². The van der Waals surface area contributed by atoms with Crippen LogP contribution in [-0.2, 0) is 6.42 Å². The van der Waals surface area contributed by atoms with Crippen molar-refractivity contribution in [1.82, 2.24) is 34.8 Å². The van der Waals surface area contributed by atoms with Crippen LogP contribution < -0.4 is 5.32 Å². The fraction of sp³-hybridized carbons (Fsp3) is 0.450. The van der Waals surface area contributed by atoms with Crippen molar-refractivity contribution in [2.24, 2.45) is 0 Å². The summed E-state index contributed by atoms with van der Waals surface area (Å²) in [5.41, 5.74) is 0.541. The summed E-state index contributed by atoms with van der Waals surface area (Å²) in [6, 6.07) is 5.91. The first kappa shape index (κ1) is 19.6. The van der Waals surface area contributed by atoms with Crippen LogP contribution in [0.3, 0.4) is 0 Å². The fourth-order valence-corrected chi connectivity index (χ4v) is 4.33. The molecule has 9 heteroatoms. The maximum Gasteiger partial charge on any atom is 0.252 e. The molecule has 152 valence electrons. The number of pyridine rings is 1. The smallest absolute Gasteiger partial charge is 0.252 e. The van der Waals surface area contributed by atoms with Gasteiger partial charge in [0.1, 0.15) is 5.82 Å². The molecule has 0 unspecified atom stereocenters. The van der Waals surface area contributed by atoms with Crippen LogP contribution in [0.15, 0.2) is 41.9 Å². The van der Waals surface area contributed by atoms with Crippen LogP contribution in [-0.4, -0.2) is 48.2 Å². The zero-order chi connectivity index (χ0) is 20.1. The molecule has 1 amide bonds. The normalized spacial score (nSPS) is 14.4. The average Bonchev–Trinajstić information content (AvgIpc) is 3.52. The van der Waals surface area contributed by atoms with Gasteiger partial charge in [-0.1, -0.05) is 24.6 Å². The Hall–Kier alpha value is -2.68. The zero-order valence-corrected chi connectivity index (χ0v) is 17.3. The molecule has 0 spiro atoms. The third kappa shape index (κ3) is 4.50. The number of amides is 1. The Morgan fingerprint density at radius 3 is 2.83 bits per heavy atom. The van der Waals surface area contributed by atoms with Gasteiger partial charge in [-0.05, 0) is 43.7 Å². The standard InChI is InChI=1S/C20H25N7OS/c1-29-20-25-24-18(27(20)16-6-2-3-7-16)8-4-11-21-19(28)15-9-10-17(22-14-15)26-13-5-12-23-26/h5,9-10,12-14,16H,2-4,6-8,11H2,1H3,(H,21,28). The highest BCUT2D eigenvalue weighted by Gasteiger charge is 2.23. The lowest BCUT2D eigenvalue weighted by atomic mass is 10.2. The van der Waals surface area contributed by atoms with Crippen molar-refractivity contribution in [2.45, 2.75) is 49.7 Å². The van der Waals surface area contributed by atoms with Gasteiger partial charge in [0.25, 0.3) is 5.91 Å². The Morgan fingerprint density at radius 1 is 1.28 bits per heavy atom. The van der Waals surface area contributed by atoms with Crippen LogP contribution in [0.25, 0.3) is 5.82 Å². The summed E-state index contributed by atoms with van der Waals surface area (Å²) in [6.07, 6.45) is 13.7. The van der Waals surface area contributed by atoms with Crippen LogP contribution >= 0.6 is 11.8 Å². The number of nitrogens with one attached hydrogen (secondary N) is 1. The molecule has 1 N–H and O–H groups in total. The predicted molar refractivity (Wildman–Crippen MR) is 111 cm³/mol. The molecule has 29 heavy (non-hydrogen) atoms. The largest absolute Gasteiger partial charge is 0.352 e. The Bertz CT molecular complexity index is 930. The van der Waals surface area contributed by atoms with Crippen molar-refractivity contribution < 1.29 is 4.79 Å². The van der Waals surface area contributed by atoms with Crippen molar-refractivity contribution >= 4 is 17.7 Å². The zero-order valence-electron chi connectivity index (χ0n) is 16.5. The highest BCUT2D eigenvalue weighted by Crippen LogP contribution is 2.33. The van der Waals surface area contributed by atoms with E-state index in [0.29, 0.717) is 24.0 Å². The second kappa shape index (κ2) is 9.21. The molecular formula is C20H25N7OS. The fourth-order valence-electron chi connectivity index (χ4n) is 3.76. The van der Waals surface area contributed by atoms with E-state index in [1.165, 1.54) is 25.7 Å². The molecule has 0 aliphatic heterocycles. The second-order valence-electron chi connectivity index (χ2n) is 7.13. The first-order chi connectivity index (χ1) is 14.3. The van der Waals surface area contributed by atoms with Gasteiger partial charge in [-0.15, -0.1) is 10.2 Å². The monoisotopic (exact) mass is 411 g/mol. The van der Waals surface area contributed by atoms with Crippen LogP contribution in [0.2, 0.25) is 0 Å². The number of nitrogens with zero attached hydrogens (tertiary/aromatic N) is 6. The molecule has 1 aliphatic carbocycles. The van der Waals surface area contributed by atoms with Gasteiger partial charge < -0.3 is 9.88 Å². The maximum atomic E-state index is 12.4. The maximum absolute atomic E-state index is 12.4. The van der Waals surface area contributed by atoms with Gasteiger partial charge in [0.2, 0.25) is 0 Å². The lowest BCUT2D eigenvalue weighted by Crippen LogP contribution is -2.25. The number of hydrogen-bond acceptors (Lipinski definition) is 6. The Balaban J connectivity index is 1.29. The van der Waals surface area contributed by atoms with Crippen LogP contribution in [0.1, 0.15) is 54.3 Å². The number of rotatable bonds is 8. The van der Waals surface area contributed by atoms with E-state index in [2.05, 4.69) is 30.2 Å². The summed E-state index contributed by atoms with van der Waals surface area (Å²) in [5.74, 6) is 1.59. The minimum absolute atomic E-state index is 0.119. The van der Waals surface area contributed by atoms with Gasteiger partial charge in [0.15, 0.2) is 11.0 Å². The van der Waals surface area contributed by atoms with E-state index in [0.717, 1.165) is 23.8 Å². The van der Waals surface area contributed by atoms with E-state index in [9.17, 15) is 4.79 Å². The lowest BCUT2D eigenvalue weighted by molar-refractivity contribution is 0.0952. The first-order valence-electron chi connectivity index (χ1n) is 9.98. The van der Waals surface area contributed by atoms with Crippen LogP contribution in [0.4, 0.5) is 0 Å². The Kier molecular flexibility index (Phi) is 6.24. The predicted octanol–water partition coefficient (Wildman–Crippen LogP) is 3.06. The van der Waals surface area contributed by atoms with Crippen molar-refractivity contribution in [3.05, 3.63) is 48.2 Å². The molecule has 1 fully saturated rings. The SMILES string of the molecule is CSc1nnc(CCCNC(=O)c2ccc(-n3cccn3)nc2)n1C1CCCC1. The van der Waals surface area contributed by atoms with E-state index < -0.39 is 0 Å². The molecular weight excluding hydrogens is 386 g/mol. The summed E-state index contributed by atoms with van der Waals surface area (Å²) in [5, 5.41) is 16.8. The van der Waals surface area contributed by atoms with Crippen LogP contribution in [0.5, 0.6) is 0 Å². The summed E-state index contributed by atoms with van der Waals surface area (Å²) in [6.45, 7) is 0.589. The molecule has 3 heterocycles. The van der Waals surface area contributed by atoms with E-state index in [4.69, 9.17) is 0 Å². The van der Waals surface area contributed by atoms with E-state index in [-0.39, 0.29) is 5.91 Å². The minimum atomic E-state index is -0.119. The number of aryl methyl sites for hydroxylation is 1. The quantitative estimate of drug-likeness (QED) is 0.453. The molecule has 0 atom stereocenters. The van der Waals surface area contributed by atoms with Gasteiger partial charge in [0, 0.05) is 37.6 Å². The molecule has 1 aliphatic rings. The van der Waals surface area contributed by atoms with E-state index in [1.54, 1.807) is 41.0 Å². The minimum Gasteiger partial charge on any atom is -0.352 e. The highest BCUT2D eigenvalue weighted by atomic mass is 32.2. The number of aromatic nitrogens is 6. The summed E-state index contributed by atoms with van der Waals surface area (Å²) >= 11 is 1.65. The highest BCUT2D eigenvalue weighted by molar-refractivity contribution is 7.98. The summed E-state index contributed by atoms with van der Waals surface area (Å²) < 4.78 is 3.97.